The minimum atomic E-state index is -0.309. The summed E-state index contributed by atoms with van der Waals surface area (Å²) in [7, 11) is 0. The average molecular weight is 348 g/mol. The number of nitrogens with one attached hydrogen (secondary N) is 2. The van der Waals surface area contributed by atoms with E-state index >= 15 is 0 Å². The molecule has 2 atom stereocenters. The second-order valence-corrected chi connectivity index (χ2v) is 7.14. The minimum Gasteiger partial charge on any atom is -0.367 e. The first-order valence-electron chi connectivity index (χ1n) is 9.38. The second kappa shape index (κ2) is 8.15. The summed E-state index contributed by atoms with van der Waals surface area (Å²) in [5.74, 6) is -0.489. The number of piperazine rings is 1. The van der Waals surface area contributed by atoms with Crippen molar-refractivity contribution in [3.8, 4) is 0 Å². The third kappa shape index (κ3) is 4.50. The van der Waals surface area contributed by atoms with Gasteiger partial charge in [0.05, 0.1) is 5.69 Å². The number of carbonyl (C=O) groups is 1. The quantitative estimate of drug-likeness (QED) is 0.872. The van der Waals surface area contributed by atoms with E-state index < -0.39 is 0 Å². The predicted octanol–water partition coefficient (Wildman–Crippen LogP) is 1.84. The number of piperidine rings is 1. The van der Waals surface area contributed by atoms with Gasteiger partial charge in [0.1, 0.15) is 5.82 Å². The first-order chi connectivity index (χ1) is 12.1. The number of amides is 1. The number of hydrogen-bond donors (Lipinski definition) is 2. The van der Waals surface area contributed by atoms with Gasteiger partial charge in [0.2, 0.25) is 0 Å². The number of anilines is 1. The van der Waals surface area contributed by atoms with Gasteiger partial charge in [-0.1, -0.05) is 6.92 Å². The van der Waals surface area contributed by atoms with E-state index in [-0.39, 0.29) is 17.8 Å². The smallest absolute Gasteiger partial charge is 0.251 e. The molecule has 25 heavy (non-hydrogen) atoms. The molecule has 0 saturated carbocycles. The van der Waals surface area contributed by atoms with E-state index in [1.807, 2.05) is 0 Å². The zero-order chi connectivity index (χ0) is 17.8. The van der Waals surface area contributed by atoms with Gasteiger partial charge in [0, 0.05) is 43.8 Å². The van der Waals surface area contributed by atoms with Crippen LogP contribution in [0, 0.1) is 5.82 Å². The molecule has 0 aromatic heterocycles. The Morgan fingerprint density at radius 2 is 2.08 bits per heavy atom. The van der Waals surface area contributed by atoms with Gasteiger partial charge in [0.15, 0.2) is 0 Å². The highest BCUT2D eigenvalue weighted by atomic mass is 19.1. The first-order valence-corrected chi connectivity index (χ1v) is 9.38. The zero-order valence-corrected chi connectivity index (χ0v) is 15.2. The van der Waals surface area contributed by atoms with Crippen LogP contribution in [0.15, 0.2) is 18.2 Å². The molecule has 138 valence electrons. The molecule has 2 aliphatic rings. The van der Waals surface area contributed by atoms with Crippen molar-refractivity contribution in [2.45, 2.75) is 38.8 Å². The second-order valence-electron chi connectivity index (χ2n) is 7.14. The van der Waals surface area contributed by atoms with E-state index in [0.717, 1.165) is 52.1 Å². The fourth-order valence-electron chi connectivity index (χ4n) is 3.74. The zero-order valence-electron chi connectivity index (χ0n) is 15.2. The van der Waals surface area contributed by atoms with Crippen LogP contribution in [0.4, 0.5) is 10.1 Å². The maximum Gasteiger partial charge on any atom is 0.251 e. The van der Waals surface area contributed by atoms with Crippen LogP contribution in [0.5, 0.6) is 0 Å². The standard InChI is InChI=1S/C19H29FN4O/c1-3-23-8-10-24(11-9-23)18-5-4-15(13-17(18)20)19(25)22-16-6-7-21-14(2)12-16/h4-5,13-14,16,21H,3,6-12H2,1-2H3,(H,22,25). The molecular weight excluding hydrogens is 319 g/mol. The van der Waals surface area contributed by atoms with Gasteiger partial charge in [-0.05, 0) is 51.1 Å². The van der Waals surface area contributed by atoms with Crippen LogP contribution in [0.2, 0.25) is 0 Å². The van der Waals surface area contributed by atoms with Crippen molar-refractivity contribution in [1.82, 2.24) is 15.5 Å². The van der Waals surface area contributed by atoms with Crippen molar-refractivity contribution in [2.24, 2.45) is 0 Å². The Kier molecular flexibility index (Phi) is 5.91. The average Bonchev–Trinajstić information content (AvgIpc) is 2.62. The Bertz CT molecular complexity index is 601. The monoisotopic (exact) mass is 348 g/mol. The third-order valence-corrected chi connectivity index (χ3v) is 5.33. The molecule has 5 nitrogen and oxygen atoms in total. The van der Waals surface area contributed by atoms with Gasteiger partial charge in [-0.25, -0.2) is 4.39 Å². The topological polar surface area (TPSA) is 47.6 Å². The van der Waals surface area contributed by atoms with E-state index in [0.29, 0.717) is 17.3 Å². The van der Waals surface area contributed by atoms with Gasteiger partial charge < -0.3 is 20.4 Å². The summed E-state index contributed by atoms with van der Waals surface area (Å²) in [6.07, 6.45) is 1.83. The lowest BCUT2D eigenvalue weighted by Gasteiger charge is -2.35. The number of hydrogen-bond acceptors (Lipinski definition) is 4. The van der Waals surface area contributed by atoms with Crippen molar-refractivity contribution in [3.05, 3.63) is 29.6 Å². The van der Waals surface area contributed by atoms with Crippen LogP contribution in [0.25, 0.3) is 0 Å². The number of likely N-dealkylation sites (N-methyl/N-ethyl adjacent to an activating group) is 1. The molecule has 0 radical (unpaired) electrons. The number of halogens is 1. The summed E-state index contributed by atoms with van der Waals surface area (Å²) in [5, 5.41) is 6.40. The minimum absolute atomic E-state index is 0.161. The predicted molar refractivity (Wildman–Crippen MR) is 98.7 cm³/mol. The summed E-state index contributed by atoms with van der Waals surface area (Å²) >= 11 is 0. The molecule has 2 saturated heterocycles. The Balaban J connectivity index is 1.62. The lowest BCUT2D eigenvalue weighted by Crippen LogP contribution is -2.47. The SMILES string of the molecule is CCN1CCN(c2ccc(C(=O)NC3CCNC(C)C3)cc2F)CC1. The molecule has 6 heteroatoms. The van der Waals surface area contributed by atoms with Crippen LogP contribution in [0.1, 0.15) is 37.0 Å². The Morgan fingerprint density at radius 3 is 2.72 bits per heavy atom. The highest BCUT2D eigenvalue weighted by Gasteiger charge is 2.22. The lowest BCUT2D eigenvalue weighted by molar-refractivity contribution is 0.0925. The summed E-state index contributed by atoms with van der Waals surface area (Å²) in [6, 6.07) is 5.43. The van der Waals surface area contributed by atoms with E-state index in [4.69, 9.17) is 0 Å². The molecule has 1 aromatic rings. The van der Waals surface area contributed by atoms with Gasteiger partial charge in [0.25, 0.3) is 5.91 Å². The van der Waals surface area contributed by atoms with Crippen molar-refractivity contribution in [2.75, 3.05) is 44.2 Å². The number of benzene rings is 1. The van der Waals surface area contributed by atoms with Gasteiger partial charge in [-0.3, -0.25) is 4.79 Å². The first kappa shape index (κ1) is 18.1. The van der Waals surface area contributed by atoms with Gasteiger partial charge in [-0.2, -0.15) is 0 Å². The molecule has 1 aromatic carbocycles. The van der Waals surface area contributed by atoms with Crippen LogP contribution < -0.4 is 15.5 Å². The van der Waals surface area contributed by atoms with Crippen molar-refractivity contribution < 1.29 is 9.18 Å². The Hall–Kier alpha value is -1.66. The largest absolute Gasteiger partial charge is 0.367 e. The highest BCUT2D eigenvalue weighted by molar-refractivity contribution is 5.94. The maximum absolute atomic E-state index is 14.6. The molecule has 2 N–H and O–H groups in total. The van der Waals surface area contributed by atoms with Crippen LogP contribution >= 0.6 is 0 Å². The molecule has 3 rings (SSSR count). The van der Waals surface area contributed by atoms with E-state index in [1.54, 1.807) is 12.1 Å². The van der Waals surface area contributed by atoms with Gasteiger partial charge >= 0.3 is 0 Å². The van der Waals surface area contributed by atoms with Crippen molar-refractivity contribution in [3.63, 3.8) is 0 Å². The van der Waals surface area contributed by atoms with Crippen LogP contribution in [0.3, 0.4) is 0 Å². The molecule has 1 amide bonds. The van der Waals surface area contributed by atoms with Crippen molar-refractivity contribution >= 4 is 11.6 Å². The summed E-state index contributed by atoms with van der Waals surface area (Å²) < 4.78 is 14.6. The number of rotatable bonds is 4. The van der Waals surface area contributed by atoms with E-state index in [1.165, 1.54) is 6.07 Å². The van der Waals surface area contributed by atoms with Crippen molar-refractivity contribution in [1.29, 1.82) is 0 Å². The third-order valence-electron chi connectivity index (χ3n) is 5.33. The molecule has 0 bridgehead atoms. The number of carbonyl (C=O) groups excluding carboxylic acids is 1. The molecular formula is C19H29FN4O. The molecule has 2 heterocycles. The molecule has 2 fully saturated rings. The van der Waals surface area contributed by atoms with E-state index in [9.17, 15) is 9.18 Å². The summed E-state index contributed by atoms with van der Waals surface area (Å²) in [5.41, 5.74) is 1.00. The molecule has 2 aliphatic heterocycles. The van der Waals surface area contributed by atoms with Gasteiger partial charge in [-0.15, -0.1) is 0 Å². The summed E-state index contributed by atoms with van der Waals surface area (Å²) in [6.45, 7) is 9.75. The summed E-state index contributed by atoms with van der Waals surface area (Å²) in [4.78, 5) is 16.8. The fraction of sp³-hybridized carbons (Fsp3) is 0.632. The lowest BCUT2D eigenvalue weighted by atomic mass is 10.00. The molecule has 0 spiro atoms. The highest BCUT2D eigenvalue weighted by Crippen LogP contribution is 2.22. The fourth-order valence-corrected chi connectivity index (χ4v) is 3.74. The Morgan fingerprint density at radius 1 is 1.32 bits per heavy atom. The van der Waals surface area contributed by atoms with Crippen LogP contribution in [-0.2, 0) is 0 Å². The van der Waals surface area contributed by atoms with Crippen LogP contribution in [-0.4, -0.2) is 62.2 Å². The van der Waals surface area contributed by atoms with E-state index in [2.05, 4.69) is 34.3 Å². The molecule has 0 aliphatic carbocycles. The maximum atomic E-state index is 14.6. The number of nitrogens with zero attached hydrogens (tertiary/aromatic N) is 2. The molecule has 2 unspecified atom stereocenters. The normalized spacial score (nSPS) is 25.0. The Labute approximate surface area is 149 Å².